The predicted octanol–water partition coefficient (Wildman–Crippen LogP) is 3.49. The average Bonchev–Trinajstić information content (AvgIpc) is 2.54. The Balaban J connectivity index is 2.12. The van der Waals surface area contributed by atoms with E-state index in [1.165, 1.54) is 5.56 Å². The van der Waals surface area contributed by atoms with Gasteiger partial charge in [-0.15, -0.1) is 10.2 Å². The normalized spacial score (nSPS) is 10.9. The Labute approximate surface area is 137 Å². The van der Waals surface area contributed by atoms with Gasteiger partial charge in [0.05, 0.1) is 0 Å². The molecule has 0 saturated heterocycles. The van der Waals surface area contributed by atoms with E-state index in [0.29, 0.717) is 11.9 Å². The van der Waals surface area contributed by atoms with E-state index in [-0.39, 0.29) is 11.8 Å². The molecule has 0 aliphatic rings. The first-order chi connectivity index (χ1) is 11.0. The van der Waals surface area contributed by atoms with Crippen molar-refractivity contribution in [2.45, 2.75) is 40.3 Å². The number of aromatic nitrogens is 2. The van der Waals surface area contributed by atoms with Crippen LogP contribution < -0.4 is 10.2 Å². The Morgan fingerprint density at radius 3 is 2.26 bits per heavy atom. The Kier molecular flexibility index (Phi) is 5.68. The van der Waals surface area contributed by atoms with Crippen molar-refractivity contribution in [3.8, 4) is 0 Å². The highest BCUT2D eigenvalue weighted by atomic mass is 16.1. The predicted molar refractivity (Wildman–Crippen MR) is 93.3 cm³/mol. The van der Waals surface area contributed by atoms with Gasteiger partial charge in [-0.1, -0.05) is 44.2 Å². The molecule has 0 atom stereocenters. The quantitative estimate of drug-likeness (QED) is 0.887. The van der Waals surface area contributed by atoms with Crippen molar-refractivity contribution in [1.29, 1.82) is 0 Å². The number of hydrogen-bond acceptors (Lipinski definition) is 4. The van der Waals surface area contributed by atoms with E-state index in [0.717, 1.165) is 12.4 Å². The van der Waals surface area contributed by atoms with Gasteiger partial charge in [-0.2, -0.15) is 0 Å². The van der Waals surface area contributed by atoms with Crippen molar-refractivity contribution >= 4 is 17.5 Å². The Morgan fingerprint density at radius 1 is 1.04 bits per heavy atom. The molecule has 1 aromatic heterocycles. The van der Waals surface area contributed by atoms with E-state index in [4.69, 9.17) is 0 Å². The first kappa shape index (κ1) is 16.9. The Morgan fingerprint density at radius 2 is 1.74 bits per heavy atom. The number of nitrogens with zero attached hydrogens (tertiary/aromatic N) is 3. The van der Waals surface area contributed by atoms with Crippen LogP contribution in [0.15, 0.2) is 42.5 Å². The molecule has 23 heavy (non-hydrogen) atoms. The summed E-state index contributed by atoms with van der Waals surface area (Å²) < 4.78 is 0. The maximum atomic E-state index is 11.7. The van der Waals surface area contributed by atoms with Crippen LogP contribution in [0, 0.1) is 5.92 Å². The standard InChI is InChI=1S/C18H24N4O/c1-13(2)18(23)19-16-10-11-17(21-20-16)22(14(3)4)12-15-8-6-5-7-9-15/h5-11,13-14H,12H2,1-4H3,(H,19,20,23). The third kappa shape index (κ3) is 4.77. The first-order valence-electron chi connectivity index (χ1n) is 7.92. The number of rotatable bonds is 6. The molecule has 2 aromatic rings. The zero-order chi connectivity index (χ0) is 16.8. The molecule has 1 amide bonds. The summed E-state index contributed by atoms with van der Waals surface area (Å²) in [5, 5.41) is 11.1. The summed E-state index contributed by atoms with van der Waals surface area (Å²) in [6.07, 6.45) is 0. The van der Waals surface area contributed by atoms with Crippen molar-refractivity contribution in [2.24, 2.45) is 5.92 Å². The summed E-state index contributed by atoms with van der Waals surface area (Å²) >= 11 is 0. The fourth-order valence-electron chi connectivity index (χ4n) is 2.12. The highest BCUT2D eigenvalue weighted by Crippen LogP contribution is 2.18. The smallest absolute Gasteiger partial charge is 0.228 e. The van der Waals surface area contributed by atoms with Crippen LogP contribution in [0.25, 0.3) is 0 Å². The molecule has 0 unspecified atom stereocenters. The van der Waals surface area contributed by atoms with E-state index >= 15 is 0 Å². The SMILES string of the molecule is CC(C)C(=O)Nc1ccc(N(Cc2ccccc2)C(C)C)nn1. The van der Waals surface area contributed by atoms with Crippen LogP contribution in [0.1, 0.15) is 33.3 Å². The van der Waals surface area contributed by atoms with Crippen molar-refractivity contribution < 1.29 is 4.79 Å². The van der Waals surface area contributed by atoms with Crippen molar-refractivity contribution in [3.63, 3.8) is 0 Å². The minimum Gasteiger partial charge on any atom is -0.348 e. The molecular formula is C18H24N4O. The summed E-state index contributed by atoms with van der Waals surface area (Å²) in [7, 11) is 0. The molecule has 0 aliphatic carbocycles. The largest absolute Gasteiger partial charge is 0.348 e. The monoisotopic (exact) mass is 312 g/mol. The molecule has 5 nitrogen and oxygen atoms in total. The number of anilines is 2. The maximum absolute atomic E-state index is 11.7. The molecule has 0 spiro atoms. The second-order valence-electron chi connectivity index (χ2n) is 6.13. The van der Waals surface area contributed by atoms with Crippen LogP contribution in [0.3, 0.4) is 0 Å². The number of carbonyl (C=O) groups excluding carboxylic acids is 1. The molecule has 0 radical (unpaired) electrons. The second-order valence-corrected chi connectivity index (χ2v) is 6.13. The Hall–Kier alpha value is -2.43. The van der Waals surface area contributed by atoms with Gasteiger partial charge in [0.1, 0.15) is 0 Å². The van der Waals surface area contributed by atoms with Crippen molar-refractivity contribution in [2.75, 3.05) is 10.2 Å². The topological polar surface area (TPSA) is 58.1 Å². The molecule has 5 heteroatoms. The summed E-state index contributed by atoms with van der Waals surface area (Å²) in [4.78, 5) is 13.9. The molecule has 0 fully saturated rings. The van der Waals surface area contributed by atoms with Gasteiger partial charge in [0.2, 0.25) is 5.91 Å². The van der Waals surface area contributed by atoms with Gasteiger partial charge in [0.15, 0.2) is 11.6 Å². The van der Waals surface area contributed by atoms with Crippen molar-refractivity contribution in [1.82, 2.24) is 10.2 Å². The summed E-state index contributed by atoms with van der Waals surface area (Å²) in [5.41, 5.74) is 1.22. The third-order valence-electron chi connectivity index (χ3n) is 3.54. The van der Waals surface area contributed by atoms with Crippen LogP contribution in [-0.4, -0.2) is 22.1 Å². The molecule has 1 aromatic carbocycles. The fraction of sp³-hybridized carbons (Fsp3) is 0.389. The minimum atomic E-state index is -0.0817. The number of benzene rings is 1. The highest BCUT2D eigenvalue weighted by Gasteiger charge is 2.14. The summed E-state index contributed by atoms with van der Waals surface area (Å²) in [6, 6.07) is 14.2. The lowest BCUT2D eigenvalue weighted by Crippen LogP contribution is -2.31. The molecule has 0 aliphatic heterocycles. The summed E-state index contributed by atoms with van der Waals surface area (Å²) in [6.45, 7) is 8.71. The average molecular weight is 312 g/mol. The number of hydrogen-bond donors (Lipinski definition) is 1. The molecule has 1 heterocycles. The minimum absolute atomic E-state index is 0.0583. The number of amides is 1. The lowest BCUT2D eigenvalue weighted by Gasteiger charge is -2.27. The van der Waals surface area contributed by atoms with Gasteiger partial charge in [0.25, 0.3) is 0 Å². The van der Waals surface area contributed by atoms with Gasteiger partial charge in [-0.3, -0.25) is 4.79 Å². The lowest BCUT2D eigenvalue weighted by atomic mass is 10.2. The van der Waals surface area contributed by atoms with Crippen molar-refractivity contribution in [3.05, 3.63) is 48.0 Å². The van der Waals surface area contributed by atoms with E-state index in [1.54, 1.807) is 6.07 Å². The molecule has 0 bridgehead atoms. The van der Waals surface area contributed by atoms with Gasteiger partial charge in [-0.25, -0.2) is 0 Å². The van der Waals surface area contributed by atoms with E-state index in [9.17, 15) is 4.79 Å². The van der Waals surface area contributed by atoms with Gasteiger partial charge < -0.3 is 10.2 Å². The van der Waals surface area contributed by atoms with Crippen LogP contribution >= 0.6 is 0 Å². The van der Waals surface area contributed by atoms with Crippen LogP contribution in [0.4, 0.5) is 11.6 Å². The van der Waals surface area contributed by atoms with Gasteiger partial charge in [-0.05, 0) is 31.5 Å². The molecule has 1 N–H and O–H groups in total. The molecule has 2 rings (SSSR count). The zero-order valence-corrected chi connectivity index (χ0v) is 14.2. The number of carbonyl (C=O) groups is 1. The lowest BCUT2D eigenvalue weighted by molar-refractivity contribution is -0.118. The van der Waals surface area contributed by atoms with E-state index in [2.05, 4.69) is 46.4 Å². The zero-order valence-electron chi connectivity index (χ0n) is 14.2. The van der Waals surface area contributed by atoms with Gasteiger partial charge >= 0.3 is 0 Å². The van der Waals surface area contributed by atoms with E-state index in [1.807, 2.05) is 38.1 Å². The number of nitrogens with one attached hydrogen (secondary N) is 1. The third-order valence-corrected chi connectivity index (χ3v) is 3.54. The van der Waals surface area contributed by atoms with Crippen LogP contribution in [0.5, 0.6) is 0 Å². The van der Waals surface area contributed by atoms with Crippen LogP contribution in [-0.2, 0) is 11.3 Å². The molecule has 122 valence electrons. The molecular weight excluding hydrogens is 288 g/mol. The van der Waals surface area contributed by atoms with Gasteiger partial charge in [0, 0.05) is 18.5 Å². The van der Waals surface area contributed by atoms with Crippen LogP contribution in [0.2, 0.25) is 0 Å². The van der Waals surface area contributed by atoms with E-state index < -0.39 is 0 Å². The molecule has 0 saturated carbocycles. The summed E-state index contributed by atoms with van der Waals surface area (Å²) in [5.74, 6) is 1.14. The maximum Gasteiger partial charge on any atom is 0.228 e. The first-order valence-corrected chi connectivity index (χ1v) is 7.92. The Bertz CT molecular complexity index is 623. The fourth-order valence-corrected chi connectivity index (χ4v) is 2.12. The second kappa shape index (κ2) is 7.72. The highest BCUT2D eigenvalue weighted by molar-refractivity contribution is 5.91.